The van der Waals surface area contributed by atoms with E-state index in [-0.39, 0.29) is 35.9 Å². The Morgan fingerprint density at radius 3 is 2.50 bits per heavy atom. The molecule has 1 heterocycles. The van der Waals surface area contributed by atoms with E-state index < -0.39 is 0 Å². The van der Waals surface area contributed by atoms with Crippen LogP contribution in [0.1, 0.15) is 39.2 Å². The minimum Gasteiger partial charge on any atom is -0.489 e. The van der Waals surface area contributed by atoms with Gasteiger partial charge in [0.25, 0.3) is 0 Å². The summed E-state index contributed by atoms with van der Waals surface area (Å²) in [5.74, 6) is 0.629. The molecule has 0 saturated carbocycles. The second-order valence-electron chi connectivity index (χ2n) is 6.22. The number of nitrogens with one attached hydrogen (secondary N) is 1. The van der Waals surface area contributed by atoms with Gasteiger partial charge in [-0.2, -0.15) is 0 Å². The van der Waals surface area contributed by atoms with E-state index in [9.17, 15) is 4.79 Å². The van der Waals surface area contributed by atoms with Crippen LogP contribution in [0.25, 0.3) is 0 Å². The van der Waals surface area contributed by atoms with Crippen LogP contribution in [0.5, 0.6) is 5.75 Å². The molecule has 22 heavy (non-hydrogen) atoms. The molecule has 1 aliphatic heterocycles. The Bertz CT molecular complexity index is 487. The molecule has 0 amide bonds. The summed E-state index contributed by atoms with van der Waals surface area (Å²) in [6.45, 7) is 7.35. The van der Waals surface area contributed by atoms with Gasteiger partial charge in [-0.05, 0) is 29.5 Å². The number of rotatable bonds is 5. The van der Waals surface area contributed by atoms with Crippen LogP contribution >= 0.6 is 12.4 Å². The van der Waals surface area contributed by atoms with Crippen molar-refractivity contribution in [3.63, 3.8) is 0 Å². The quantitative estimate of drug-likeness (QED) is 0.844. The number of carbonyl (C=O) groups excluding carboxylic acids is 1. The maximum absolute atomic E-state index is 11.5. The number of halogens is 1. The van der Waals surface area contributed by atoms with Crippen LogP contribution in [0.15, 0.2) is 24.3 Å². The fourth-order valence-electron chi connectivity index (χ4n) is 2.50. The summed E-state index contributed by atoms with van der Waals surface area (Å²) in [6.07, 6.45) is 1.76. The lowest BCUT2D eigenvalue weighted by Gasteiger charge is -2.23. The third-order valence-corrected chi connectivity index (χ3v) is 4.40. The molecule has 124 valence electrons. The van der Waals surface area contributed by atoms with E-state index >= 15 is 0 Å². The number of carbonyl (C=O) groups is 1. The lowest BCUT2D eigenvalue weighted by atomic mass is 9.82. The molecule has 2 rings (SSSR count). The third-order valence-electron chi connectivity index (χ3n) is 4.40. The van der Waals surface area contributed by atoms with E-state index in [0.717, 1.165) is 12.2 Å². The molecule has 2 atom stereocenters. The van der Waals surface area contributed by atoms with Gasteiger partial charge in [0.1, 0.15) is 17.9 Å². The van der Waals surface area contributed by atoms with E-state index in [0.29, 0.717) is 13.0 Å². The van der Waals surface area contributed by atoms with Gasteiger partial charge in [-0.3, -0.25) is 4.79 Å². The smallest absolute Gasteiger partial charge is 0.323 e. The number of ether oxygens (including phenoxy) is 2. The number of hydrogen-bond acceptors (Lipinski definition) is 4. The molecule has 0 spiro atoms. The van der Waals surface area contributed by atoms with E-state index in [4.69, 9.17) is 9.47 Å². The highest BCUT2D eigenvalue weighted by atomic mass is 35.5. The Morgan fingerprint density at radius 1 is 1.32 bits per heavy atom. The highest BCUT2D eigenvalue weighted by molar-refractivity contribution is 5.85. The van der Waals surface area contributed by atoms with Crippen molar-refractivity contribution in [1.82, 2.24) is 5.32 Å². The predicted octanol–water partition coefficient (Wildman–Crippen LogP) is 3.08. The van der Waals surface area contributed by atoms with Crippen molar-refractivity contribution in [2.75, 3.05) is 13.7 Å². The summed E-state index contributed by atoms with van der Waals surface area (Å²) in [4.78, 5) is 11.5. The topological polar surface area (TPSA) is 47.6 Å². The van der Waals surface area contributed by atoms with Gasteiger partial charge in [0.2, 0.25) is 0 Å². The van der Waals surface area contributed by atoms with Crippen molar-refractivity contribution in [2.45, 2.75) is 51.2 Å². The van der Waals surface area contributed by atoms with Crippen LogP contribution < -0.4 is 10.1 Å². The molecule has 5 heteroatoms. The van der Waals surface area contributed by atoms with Gasteiger partial charge in [0.15, 0.2) is 0 Å². The second kappa shape index (κ2) is 7.84. The lowest BCUT2D eigenvalue weighted by molar-refractivity contribution is -0.142. The minimum absolute atomic E-state index is 0. The minimum atomic E-state index is -0.252. The Kier molecular flexibility index (Phi) is 6.69. The predicted molar refractivity (Wildman–Crippen MR) is 89.8 cm³/mol. The summed E-state index contributed by atoms with van der Waals surface area (Å²) >= 11 is 0. The van der Waals surface area contributed by atoms with E-state index in [2.05, 4.69) is 38.2 Å². The third kappa shape index (κ3) is 4.37. The van der Waals surface area contributed by atoms with E-state index in [1.807, 2.05) is 12.1 Å². The zero-order valence-corrected chi connectivity index (χ0v) is 14.5. The van der Waals surface area contributed by atoms with Crippen molar-refractivity contribution in [3.05, 3.63) is 29.8 Å². The monoisotopic (exact) mass is 327 g/mol. The van der Waals surface area contributed by atoms with Crippen molar-refractivity contribution in [1.29, 1.82) is 0 Å². The highest BCUT2D eigenvalue weighted by Crippen LogP contribution is 2.28. The summed E-state index contributed by atoms with van der Waals surface area (Å²) in [5.41, 5.74) is 1.50. The zero-order chi connectivity index (χ0) is 15.5. The standard InChI is InChI=1S/C17H25NO3.ClH/c1-5-17(2,3)12-6-8-13(9-7-12)21-14-10-15(18-11-14)16(19)20-4;/h6-9,14-15,18H,5,10-11H2,1-4H3;1H. The molecule has 1 aliphatic rings. The largest absolute Gasteiger partial charge is 0.489 e. The molecule has 4 nitrogen and oxygen atoms in total. The van der Waals surface area contributed by atoms with Crippen molar-refractivity contribution >= 4 is 18.4 Å². The summed E-state index contributed by atoms with van der Waals surface area (Å²) < 4.78 is 10.7. The molecule has 0 aromatic heterocycles. The van der Waals surface area contributed by atoms with Crippen molar-refractivity contribution in [3.8, 4) is 5.75 Å². The van der Waals surface area contributed by atoms with Gasteiger partial charge in [0, 0.05) is 13.0 Å². The van der Waals surface area contributed by atoms with Crippen molar-refractivity contribution < 1.29 is 14.3 Å². The number of methoxy groups -OCH3 is 1. The molecule has 0 aliphatic carbocycles. The number of esters is 1. The summed E-state index contributed by atoms with van der Waals surface area (Å²) in [7, 11) is 1.41. The van der Waals surface area contributed by atoms with Gasteiger partial charge in [-0.1, -0.05) is 32.9 Å². The molecule has 1 fully saturated rings. The van der Waals surface area contributed by atoms with Gasteiger partial charge < -0.3 is 14.8 Å². The van der Waals surface area contributed by atoms with Gasteiger partial charge in [-0.25, -0.2) is 0 Å². The van der Waals surface area contributed by atoms with Crippen LogP contribution in [-0.2, 0) is 14.9 Å². The Hall–Kier alpha value is -1.26. The molecular weight excluding hydrogens is 302 g/mol. The molecule has 0 radical (unpaired) electrons. The normalized spacial score (nSPS) is 21.1. The average Bonchev–Trinajstić information content (AvgIpc) is 2.95. The maximum atomic E-state index is 11.5. The first-order valence-electron chi connectivity index (χ1n) is 7.54. The molecule has 2 unspecified atom stereocenters. The van der Waals surface area contributed by atoms with Crippen LogP contribution in [0.3, 0.4) is 0 Å². The van der Waals surface area contributed by atoms with Crippen LogP contribution in [-0.4, -0.2) is 31.8 Å². The Balaban J connectivity index is 0.00000242. The fraction of sp³-hybridized carbons (Fsp3) is 0.588. The average molecular weight is 328 g/mol. The number of benzene rings is 1. The van der Waals surface area contributed by atoms with Crippen LogP contribution in [0.4, 0.5) is 0 Å². The fourth-order valence-corrected chi connectivity index (χ4v) is 2.50. The number of hydrogen-bond donors (Lipinski definition) is 1. The van der Waals surface area contributed by atoms with Crippen molar-refractivity contribution in [2.24, 2.45) is 0 Å². The molecule has 1 N–H and O–H groups in total. The first-order valence-corrected chi connectivity index (χ1v) is 7.54. The van der Waals surface area contributed by atoms with Gasteiger partial charge in [-0.15, -0.1) is 12.4 Å². The van der Waals surface area contributed by atoms with Gasteiger partial charge >= 0.3 is 5.97 Å². The van der Waals surface area contributed by atoms with E-state index in [1.165, 1.54) is 12.7 Å². The first kappa shape index (κ1) is 18.8. The molecule has 1 aromatic rings. The maximum Gasteiger partial charge on any atom is 0.323 e. The van der Waals surface area contributed by atoms with E-state index in [1.54, 1.807) is 0 Å². The van der Waals surface area contributed by atoms with Gasteiger partial charge in [0.05, 0.1) is 7.11 Å². The van der Waals surface area contributed by atoms with Crippen LogP contribution in [0, 0.1) is 0 Å². The zero-order valence-electron chi connectivity index (χ0n) is 13.7. The lowest BCUT2D eigenvalue weighted by Crippen LogP contribution is -2.31. The molecule has 1 saturated heterocycles. The molecular formula is C17H26ClNO3. The van der Waals surface area contributed by atoms with Crippen LogP contribution in [0.2, 0.25) is 0 Å². The molecule has 1 aromatic carbocycles. The first-order chi connectivity index (χ1) is 9.96. The Labute approximate surface area is 139 Å². The Morgan fingerprint density at radius 2 is 1.95 bits per heavy atom. The second-order valence-corrected chi connectivity index (χ2v) is 6.22. The highest BCUT2D eigenvalue weighted by Gasteiger charge is 2.31. The summed E-state index contributed by atoms with van der Waals surface area (Å²) in [6, 6.07) is 8.02. The molecule has 0 bridgehead atoms. The SMILES string of the molecule is CCC(C)(C)c1ccc(OC2CNC(C(=O)OC)C2)cc1.Cl. The summed E-state index contributed by atoms with van der Waals surface area (Å²) in [5, 5.41) is 3.12.